The zero-order chi connectivity index (χ0) is 15.8. The molecule has 1 N–H and O–H groups in total. The number of quaternary nitrogens is 1. The SMILES string of the molecule is CCCCCCCCCCCC[NH+]1CCC(C)C1.[N-]=C=S. The molecule has 0 saturated carbocycles. The minimum atomic E-state index is 0.989. The van der Waals surface area contributed by atoms with E-state index in [9.17, 15) is 0 Å². The van der Waals surface area contributed by atoms with E-state index in [2.05, 4.69) is 26.1 Å². The molecule has 1 aliphatic heterocycles. The van der Waals surface area contributed by atoms with Gasteiger partial charge in [-0.2, -0.15) is 5.16 Å². The molecule has 3 heteroatoms. The summed E-state index contributed by atoms with van der Waals surface area (Å²) < 4.78 is 0. The van der Waals surface area contributed by atoms with Gasteiger partial charge in [0.05, 0.1) is 19.6 Å². The lowest BCUT2D eigenvalue weighted by atomic mass is 10.1. The number of isothiocyanates is 1. The predicted molar refractivity (Wildman–Crippen MR) is 97.1 cm³/mol. The van der Waals surface area contributed by atoms with Gasteiger partial charge in [-0.05, 0) is 12.8 Å². The Hall–Kier alpha value is -0.240. The molecule has 1 fully saturated rings. The summed E-state index contributed by atoms with van der Waals surface area (Å²) in [5, 5.41) is 8.47. The van der Waals surface area contributed by atoms with E-state index >= 15 is 0 Å². The molecule has 0 aromatic rings. The first-order valence-electron chi connectivity index (χ1n) is 9.09. The standard InChI is InChI=1S/C17H35N.CNS/c1-3-4-5-6-7-8-9-10-11-12-14-18-15-13-17(2)16-18;2-1-3/h17H,3-16H2,1-2H3;/q;-1/p+1. The number of thiocarbonyl (C=S) groups is 1. The molecule has 1 saturated heterocycles. The van der Waals surface area contributed by atoms with Gasteiger partial charge in [-0.3, -0.25) is 0 Å². The molecule has 21 heavy (non-hydrogen) atoms. The topological polar surface area (TPSA) is 26.7 Å². The lowest BCUT2D eigenvalue weighted by Crippen LogP contribution is -3.10. The molecule has 1 rings (SSSR count). The number of unbranched alkanes of at least 4 members (excludes halogenated alkanes) is 9. The summed E-state index contributed by atoms with van der Waals surface area (Å²) in [7, 11) is 0. The van der Waals surface area contributed by atoms with Gasteiger partial charge in [-0.1, -0.05) is 77.4 Å². The molecule has 0 radical (unpaired) electrons. The second kappa shape index (κ2) is 16.1. The fourth-order valence-electron chi connectivity index (χ4n) is 3.24. The average Bonchev–Trinajstić information content (AvgIpc) is 2.87. The van der Waals surface area contributed by atoms with Gasteiger partial charge in [0, 0.05) is 12.3 Å². The van der Waals surface area contributed by atoms with Crippen LogP contribution in [0.15, 0.2) is 0 Å². The van der Waals surface area contributed by atoms with Gasteiger partial charge in [0.1, 0.15) is 0 Å². The van der Waals surface area contributed by atoms with Crippen LogP contribution >= 0.6 is 12.2 Å². The summed E-state index contributed by atoms with van der Waals surface area (Å²) in [6, 6.07) is 0. The third-order valence-electron chi connectivity index (χ3n) is 4.51. The van der Waals surface area contributed by atoms with Gasteiger partial charge < -0.3 is 10.3 Å². The van der Waals surface area contributed by atoms with Crippen molar-refractivity contribution in [3.63, 3.8) is 0 Å². The Bertz CT molecular complexity index is 250. The largest absolute Gasteiger partial charge is 0.753 e. The number of hydrogen-bond acceptors (Lipinski definition) is 1. The van der Waals surface area contributed by atoms with Crippen LogP contribution in [-0.4, -0.2) is 24.8 Å². The molecule has 2 nitrogen and oxygen atoms in total. The van der Waals surface area contributed by atoms with Gasteiger partial charge in [-0.25, -0.2) is 0 Å². The molecular weight excluding hydrogens is 276 g/mol. The molecule has 0 spiro atoms. The summed E-state index contributed by atoms with van der Waals surface area (Å²) in [6.07, 6.45) is 16.1. The van der Waals surface area contributed by atoms with Crippen molar-refractivity contribution in [2.24, 2.45) is 5.92 Å². The maximum atomic E-state index is 7.13. The molecule has 0 aromatic carbocycles. The zero-order valence-corrected chi connectivity index (χ0v) is 15.1. The van der Waals surface area contributed by atoms with Crippen molar-refractivity contribution in [3.8, 4) is 0 Å². The quantitative estimate of drug-likeness (QED) is 0.339. The van der Waals surface area contributed by atoms with Crippen molar-refractivity contribution in [1.82, 2.24) is 0 Å². The normalized spacial score (nSPS) is 20.7. The lowest BCUT2D eigenvalue weighted by molar-refractivity contribution is -0.889. The van der Waals surface area contributed by atoms with E-state index < -0.39 is 0 Å². The monoisotopic (exact) mass is 312 g/mol. The smallest absolute Gasteiger partial charge is 0.0799 e. The van der Waals surface area contributed by atoms with E-state index in [0.717, 1.165) is 5.92 Å². The van der Waals surface area contributed by atoms with Crippen molar-refractivity contribution in [1.29, 1.82) is 0 Å². The van der Waals surface area contributed by atoms with Crippen LogP contribution in [0.2, 0.25) is 0 Å². The zero-order valence-electron chi connectivity index (χ0n) is 14.3. The van der Waals surface area contributed by atoms with E-state index in [1.165, 1.54) is 95.4 Å². The number of hydrogen-bond donors (Lipinski definition) is 1. The lowest BCUT2D eigenvalue weighted by Gasteiger charge is -2.12. The molecule has 0 aromatic heterocycles. The number of likely N-dealkylation sites (tertiary alicyclic amines) is 1. The molecule has 124 valence electrons. The number of nitrogens with zero attached hydrogens (tertiary/aromatic N) is 1. The van der Waals surface area contributed by atoms with Crippen LogP contribution in [0, 0.1) is 5.92 Å². The second-order valence-electron chi connectivity index (χ2n) is 6.62. The fraction of sp³-hybridized carbons (Fsp3) is 0.944. The Morgan fingerprint density at radius 1 is 1.00 bits per heavy atom. The van der Waals surface area contributed by atoms with E-state index in [0.29, 0.717) is 0 Å². The second-order valence-corrected chi connectivity index (χ2v) is 6.80. The summed E-state index contributed by atoms with van der Waals surface area (Å²) in [5.41, 5.74) is 0. The Kier molecular flexibility index (Phi) is 16.0. The van der Waals surface area contributed by atoms with Crippen LogP contribution in [0.5, 0.6) is 0 Å². The highest BCUT2D eigenvalue weighted by atomic mass is 32.1. The highest BCUT2D eigenvalue weighted by molar-refractivity contribution is 7.78. The maximum absolute atomic E-state index is 7.13. The predicted octanol–water partition coefficient (Wildman–Crippen LogP) is 4.49. The number of nitrogens with one attached hydrogen (secondary N) is 1. The molecule has 1 heterocycles. The van der Waals surface area contributed by atoms with Gasteiger partial charge in [-0.15, -0.1) is 0 Å². The molecule has 0 amide bonds. The van der Waals surface area contributed by atoms with Gasteiger partial charge in [0.2, 0.25) is 0 Å². The summed E-state index contributed by atoms with van der Waals surface area (Å²) in [4.78, 5) is 1.88. The summed E-state index contributed by atoms with van der Waals surface area (Å²) >= 11 is 3.70. The van der Waals surface area contributed by atoms with Crippen molar-refractivity contribution in [2.75, 3.05) is 19.6 Å². The highest BCUT2D eigenvalue weighted by Crippen LogP contribution is 2.10. The van der Waals surface area contributed by atoms with Gasteiger partial charge in [0.25, 0.3) is 0 Å². The van der Waals surface area contributed by atoms with E-state index in [4.69, 9.17) is 5.41 Å². The van der Waals surface area contributed by atoms with Crippen LogP contribution in [0.1, 0.15) is 84.5 Å². The number of rotatable bonds is 11. The first-order chi connectivity index (χ1) is 10.2. The van der Waals surface area contributed by atoms with Gasteiger partial charge in [0.15, 0.2) is 0 Å². The first kappa shape index (κ1) is 20.8. The van der Waals surface area contributed by atoms with Crippen LogP contribution in [-0.2, 0) is 0 Å². The van der Waals surface area contributed by atoms with Crippen LogP contribution < -0.4 is 4.90 Å². The molecule has 2 atom stereocenters. The van der Waals surface area contributed by atoms with Crippen molar-refractivity contribution >= 4 is 17.4 Å². The highest BCUT2D eigenvalue weighted by Gasteiger charge is 2.21. The van der Waals surface area contributed by atoms with Gasteiger partial charge >= 0.3 is 0 Å². The molecule has 1 aliphatic rings. The Labute approximate surface area is 138 Å². The first-order valence-corrected chi connectivity index (χ1v) is 9.50. The van der Waals surface area contributed by atoms with Crippen molar-refractivity contribution < 1.29 is 4.90 Å². The Morgan fingerprint density at radius 3 is 1.90 bits per heavy atom. The van der Waals surface area contributed by atoms with Crippen molar-refractivity contribution in [2.45, 2.75) is 84.5 Å². The summed E-state index contributed by atoms with van der Waals surface area (Å²) in [5.74, 6) is 0.989. The molecule has 0 bridgehead atoms. The van der Waals surface area contributed by atoms with E-state index in [1.54, 1.807) is 0 Å². The van der Waals surface area contributed by atoms with E-state index in [-0.39, 0.29) is 0 Å². The Balaban J connectivity index is 0.00000122. The average molecular weight is 313 g/mol. The Morgan fingerprint density at radius 2 is 1.48 bits per heavy atom. The minimum absolute atomic E-state index is 0.989. The van der Waals surface area contributed by atoms with Crippen LogP contribution in [0.3, 0.4) is 0 Å². The van der Waals surface area contributed by atoms with E-state index in [1.807, 2.05) is 4.90 Å². The van der Waals surface area contributed by atoms with Crippen LogP contribution in [0.4, 0.5) is 0 Å². The third kappa shape index (κ3) is 14.5. The molecule has 0 aliphatic carbocycles. The maximum Gasteiger partial charge on any atom is 0.0799 e. The third-order valence-corrected chi connectivity index (χ3v) is 4.51. The van der Waals surface area contributed by atoms with Crippen molar-refractivity contribution in [3.05, 3.63) is 5.41 Å². The molecule has 2 unspecified atom stereocenters. The fourth-order valence-corrected chi connectivity index (χ4v) is 3.24. The van der Waals surface area contributed by atoms with Crippen LogP contribution in [0.25, 0.3) is 5.41 Å². The molecular formula is C18H36N2S. The summed E-state index contributed by atoms with van der Waals surface area (Å²) in [6.45, 7) is 9.03. The minimum Gasteiger partial charge on any atom is -0.753 e.